The van der Waals surface area contributed by atoms with Crippen LogP contribution in [-0.4, -0.2) is 68.2 Å². The van der Waals surface area contributed by atoms with Gasteiger partial charge in [0.05, 0.1) is 13.2 Å². The summed E-state index contributed by atoms with van der Waals surface area (Å²) >= 11 is 0. The molecule has 3 heterocycles. The fourth-order valence-electron chi connectivity index (χ4n) is 6.78. The molecule has 1 unspecified atom stereocenters. The van der Waals surface area contributed by atoms with Gasteiger partial charge in [-0.3, -0.25) is 9.69 Å². The summed E-state index contributed by atoms with van der Waals surface area (Å²) in [4.78, 5) is 19.0. The van der Waals surface area contributed by atoms with Crippen molar-refractivity contribution in [3.05, 3.63) is 101 Å². The van der Waals surface area contributed by atoms with E-state index in [0.717, 1.165) is 76.6 Å². The maximum absolute atomic E-state index is 14.0. The lowest BCUT2D eigenvalue weighted by Gasteiger charge is -2.36. The highest BCUT2D eigenvalue weighted by atomic mass is 35.5. The Bertz CT molecular complexity index is 1230. The average Bonchev–Trinajstić information content (AvgIpc) is 3.29. The van der Waals surface area contributed by atoms with E-state index in [1.165, 1.54) is 29.5 Å². The average molecular weight is 583 g/mol. The Balaban J connectivity index is 0.00000185. The van der Waals surface area contributed by atoms with Gasteiger partial charge >= 0.3 is 0 Å². The SMILES string of the molecule is Cl.Cl.O=C1Nc2cccc(CCN3CCOCC3)c2C1(CCN1CCC(c2ccccc2)CC1)c1ccccc1. The van der Waals surface area contributed by atoms with Crippen molar-refractivity contribution in [1.29, 1.82) is 0 Å². The molecule has 3 aromatic carbocycles. The number of nitrogens with one attached hydrogen (secondary N) is 1. The van der Waals surface area contributed by atoms with E-state index in [9.17, 15) is 4.79 Å². The van der Waals surface area contributed by atoms with Gasteiger partial charge in [0, 0.05) is 25.3 Å². The first kappa shape index (κ1) is 30.5. The minimum absolute atomic E-state index is 0. The van der Waals surface area contributed by atoms with Gasteiger partial charge in [-0.15, -0.1) is 24.8 Å². The van der Waals surface area contributed by atoms with E-state index in [1.54, 1.807) is 0 Å². The molecule has 0 spiro atoms. The summed E-state index contributed by atoms with van der Waals surface area (Å²) in [5.74, 6) is 0.759. The van der Waals surface area contributed by atoms with Crippen molar-refractivity contribution in [3.63, 3.8) is 0 Å². The lowest BCUT2D eigenvalue weighted by atomic mass is 9.70. The standard InChI is InChI=1S/C33H39N3O2.2ClH/c37-32-33(29-11-5-2-6-12-29,17-21-35-18-14-27(15-19-35)26-8-3-1-4-9-26)31-28(10-7-13-30(31)34-32)16-20-36-22-24-38-25-23-36;;/h1-13,27H,14-25H2,(H,34,37);2*1H. The first-order valence-corrected chi connectivity index (χ1v) is 14.3. The molecule has 1 atom stereocenters. The van der Waals surface area contributed by atoms with Gasteiger partial charge in [0.2, 0.25) is 5.91 Å². The van der Waals surface area contributed by atoms with Crippen molar-refractivity contribution in [2.75, 3.05) is 57.8 Å². The molecular formula is C33H41Cl2N3O2. The van der Waals surface area contributed by atoms with Crippen molar-refractivity contribution in [3.8, 4) is 0 Å². The molecule has 0 bridgehead atoms. The third-order valence-electron chi connectivity index (χ3n) is 8.94. The molecule has 40 heavy (non-hydrogen) atoms. The Morgan fingerprint density at radius 1 is 0.775 bits per heavy atom. The number of anilines is 1. The van der Waals surface area contributed by atoms with Gasteiger partial charge in [0.1, 0.15) is 5.41 Å². The number of hydrogen-bond acceptors (Lipinski definition) is 4. The molecule has 3 aliphatic rings. The van der Waals surface area contributed by atoms with Crippen molar-refractivity contribution in [2.45, 2.75) is 37.0 Å². The maximum atomic E-state index is 14.0. The largest absolute Gasteiger partial charge is 0.379 e. The number of piperidine rings is 1. The number of nitrogens with zero attached hydrogens (tertiary/aromatic N) is 2. The van der Waals surface area contributed by atoms with Crippen LogP contribution < -0.4 is 5.32 Å². The summed E-state index contributed by atoms with van der Waals surface area (Å²) in [7, 11) is 0. The van der Waals surface area contributed by atoms with Crippen LogP contribution in [0.15, 0.2) is 78.9 Å². The molecule has 3 aliphatic heterocycles. The molecule has 0 aromatic heterocycles. The number of carbonyl (C=O) groups is 1. The quantitative estimate of drug-likeness (QED) is 0.359. The Kier molecular flexibility index (Phi) is 10.7. The number of hydrogen-bond donors (Lipinski definition) is 1. The number of carbonyl (C=O) groups excluding carboxylic acids is 1. The summed E-state index contributed by atoms with van der Waals surface area (Å²) in [6.45, 7) is 7.65. The van der Waals surface area contributed by atoms with Crippen LogP contribution in [0, 0.1) is 0 Å². The summed E-state index contributed by atoms with van der Waals surface area (Å²) in [6.07, 6.45) is 4.08. The molecule has 0 radical (unpaired) electrons. The highest BCUT2D eigenvalue weighted by Crippen LogP contribution is 2.47. The zero-order chi connectivity index (χ0) is 25.8. The second kappa shape index (κ2) is 14.0. The molecule has 5 nitrogen and oxygen atoms in total. The predicted molar refractivity (Wildman–Crippen MR) is 167 cm³/mol. The molecule has 3 aromatic rings. The molecule has 1 N–H and O–H groups in total. The van der Waals surface area contributed by atoms with Gasteiger partial charge in [0.15, 0.2) is 0 Å². The van der Waals surface area contributed by atoms with Gasteiger partial charge in [-0.1, -0.05) is 72.8 Å². The minimum Gasteiger partial charge on any atom is -0.379 e. The van der Waals surface area contributed by atoms with E-state index in [4.69, 9.17) is 4.74 Å². The maximum Gasteiger partial charge on any atom is 0.239 e. The van der Waals surface area contributed by atoms with E-state index in [0.29, 0.717) is 5.92 Å². The topological polar surface area (TPSA) is 44.8 Å². The van der Waals surface area contributed by atoms with Crippen molar-refractivity contribution >= 4 is 36.4 Å². The van der Waals surface area contributed by atoms with E-state index in [1.807, 2.05) is 6.07 Å². The summed E-state index contributed by atoms with van der Waals surface area (Å²) in [6, 6.07) is 27.8. The first-order chi connectivity index (χ1) is 18.7. The number of amides is 1. The molecule has 2 fully saturated rings. The monoisotopic (exact) mass is 581 g/mol. The zero-order valence-corrected chi connectivity index (χ0v) is 24.7. The summed E-state index contributed by atoms with van der Waals surface area (Å²) in [5.41, 5.74) is 5.38. The van der Waals surface area contributed by atoms with Gasteiger partial charge in [-0.2, -0.15) is 0 Å². The first-order valence-electron chi connectivity index (χ1n) is 14.3. The number of morpholine rings is 1. The van der Waals surface area contributed by atoms with E-state index >= 15 is 0 Å². The van der Waals surface area contributed by atoms with Crippen LogP contribution in [0.25, 0.3) is 0 Å². The Hall–Kier alpha value is -2.41. The third-order valence-corrected chi connectivity index (χ3v) is 8.94. The van der Waals surface area contributed by atoms with Crippen molar-refractivity contribution < 1.29 is 9.53 Å². The second-order valence-electron chi connectivity index (χ2n) is 11.0. The number of rotatable bonds is 8. The fraction of sp³-hybridized carbons (Fsp3) is 0.424. The highest BCUT2D eigenvalue weighted by molar-refractivity contribution is 6.09. The van der Waals surface area contributed by atoms with Gasteiger partial charge in [-0.25, -0.2) is 0 Å². The van der Waals surface area contributed by atoms with Crippen LogP contribution >= 0.6 is 24.8 Å². The van der Waals surface area contributed by atoms with Crippen LogP contribution in [0.2, 0.25) is 0 Å². The molecule has 214 valence electrons. The van der Waals surface area contributed by atoms with Gasteiger partial charge < -0.3 is 15.0 Å². The Labute approximate surface area is 251 Å². The molecule has 2 saturated heterocycles. The number of fused-ring (bicyclic) bond motifs is 1. The Morgan fingerprint density at radius 3 is 2.12 bits per heavy atom. The Morgan fingerprint density at radius 2 is 1.43 bits per heavy atom. The minimum atomic E-state index is -0.658. The molecule has 0 aliphatic carbocycles. The lowest BCUT2D eigenvalue weighted by Crippen LogP contribution is -2.42. The lowest BCUT2D eigenvalue weighted by molar-refractivity contribution is -0.119. The van der Waals surface area contributed by atoms with Gasteiger partial charge in [-0.05, 0) is 79.6 Å². The smallest absolute Gasteiger partial charge is 0.239 e. The van der Waals surface area contributed by atoms with Crippen LogP contribution in [0.4, 0.5) is 5.69 Å². The number of ether oxygens (including phenoxy) is 1. The van der Waals surface area contributed by atoms with Crippen molar-refractivity contribution in [2.24, 2.45) is 0 Å². The third kappa shape index (κ3) is 6.24. The number of benzene rings is 3. The number of halogens is 2. The number of likely N-dealkylation sites (tertiary alicyclic amines) is 1. The normalized spacial score (nSPS) is 21.6. The molecular weight excluding hydrogens is 541 g/mol. The molecule has 0 saturated carbocycles. The van der Waals surface area contributed by atoms with Crippen LogP contribution in [-0.2, 0) is 21.4 Å². The summed E-state index contributed by atoms with van der Waals surface area (Å²) < 4.78 is 5.55. The van der Waals surface area contributed by atoms with Crippen LogP contribution in [0.3, 0.4) is 0 Å². The zero-order valence-electron chi connectivity index (χ0n) is 23.1. The predicted octanol–water partition coefficient (Wildman–Crippen LogP) is 5.91. The van der Waals surface area contributed by atoms with E-state index < -0.39 is 5.41 Å². The molecule has 7 heteroatoms. The highest BCUT2D eigenvalue weighted by Gasteiger charge is 2.49. The van der Waals surface area contributed by atoms with E-state index in [-0.39, 0.29) is 30.7 Å². The second-order valence-corrected chi connectivity index (χ2v) is 11.0. The molecule has 6 rings (SSSR count). The summed E-state index contributed by atoms with van der Waals surface area (Å²) in [5, 5.41) is 3.29. The molecule has 1 amide bonds. The van der Waals surface area contributed by atoms with Crippen LogP contribution in [0.5, 0.6) is 0 Å². The van der Waals surface area contributed by atoms with Crippen molar-refractivity contribution in [1.82, 2.24) is 9.80 Å². The van der Waals surface area contributed by atoms with E-state index in [2.05, 4.69) is 87.9 Å². The van der Waals surface area contributed by atoms with Gasteiger partial charge in [0.25, 0.3) is 0 Å². The fourth-order valence-corrected chi connectivity index (χ4v) is 6.78. The van der Waals surface area contributed by atoms with Crippen LogP contribution in [0.1, 0.15) is 47.4 Å².